The van der Waals surface area contributed by atoms with E-state index in [2.05, 4.69) is 108 Å². The molecule has 44 heavy (non-hydrogen) atoms. The summed E-state index contributed by atoms with van der Waals surface area (Å²) >= 11 is 0. The van der Waals surface area contributed by atoms with Crippen LogP contribution in [0.25, 0.3) is 33.1 Å². The highest BCUT2D eigenvalue weighted by molar-refractivity contribution is 6.18. The predicted molar refractivity (Wildman–Crippen MR) is 187 cm³/mol. The first kappa shape index (κ1) is 28.3. The summed E-state index contributed by atoms with van der Waals surface area (Å²) in [5.41, 5.74) is 17.3. The Morgan fingerprint density at radius 3 is 2.45 bits per heavy atom. The number of fused-ring (bicyclic) bond motifs is 8. The quantitative estimate of drug-likeness (QED) is 0.210. The summed E-state index contributed by atoms with van der Waals surface area (Å²) in [5, 5.41) is 2.35. The molecule has 5 aromatic rings. The lowest BCUT2D eigenvalue weighted by molar-refractivity contribution is 0.489. The van der Waals surface area contributed by atoms with Crippen molar-refractivity contribution in [2.24, 2.45) is 9.98 Å². The predicted octanol–water partition coefficient (Wildman–Crippen LogP) is 10.7. The number of hydrogen-bond acceptors (Lipinski definition) is 3. The lowest BCUT2D eigenvalue weighted by atomic mass is 9.78. The Kier molecular flexibility index (Phi) is 7.00. The van der Waals surface area contributed by atoms with Crippen molar-refractivity contribution < 1.29 is 4.42 Å². The van der Waals surface area contributed by atoms with Gasteiger partial charge < -0.3 is 4.42 Å². The number of allylic oxidation sites excluding steroid dienone is 1. The second-order valence-electron chi connectivity index (χ2n) is 12.7. The van der Waals surface area contributed by atoms with Gasteiger partial charge in [-0.15, -0.1) is 0 Å². The fraction of sp³-hybridized carbons (Fsp3) is 0.268. The maximum absolute atomic E-state index is 6.88. The lowest BCUT2D eigenvalue weighted by Gasteiger charge is -2.32. The van der Waals surface area contributed by atoms with E-state index in [-0.39, 0.29) is 12.0 Å². The molecular formula is C41H40N2O. The molecule has 0 saturated heterocycles. The number of nitrogens with zero attached hydrogens (tertiary/aromatic N) is 2. The van der Waals surface area contributed by atoms with Crippen molar-refractivity contribution in [2.75, 3.05) is 0 Å². The standard InChI is InChI=1S/C41H40N2O/c1-8-34-31-13-11-10-12-30(31)32-16-14-28-20-26(6)39-33-17-15-29(38-24(4)18-23(3)19-25(38)5)22-37(33)44-41(39)40(28)35(9-2)42-27(7)21-36(32)43-34/h8,10-13,15,17-20,22,32,36H,1,7,9,14,16,21H2,2-6H3/b42-35-. The molecule has 2 aliphatic heterocycles. The molecule has 0 N–H and O–H groups in total. The van der Waals surface area contributed by atoms with E-state index in [1.54, 1.807) is 0 Å². The molecule has 3 nitrogen and oxygen atoms in total. The fourth-order valence-corrected chi connectivity index (χ4v) is 7.92. The van der Waals surface area contributed by atoms with Gasteiger partial charge in [0.05, 0.1) is 17.5 Å². The van der Waals surface area contributed by atoms with Gasteiger partial charge in [-0.05, 0) is 104 Å². The molecule has 0 radical (unpaired) electrons. The SMILES string of the molecule is C=CC1=NC2CC(=C)/N=C(/CC)c3c(cc(C)c4c3oc3cc(-c5c(C)cc(C)cc5C)ccc34)CCC2c2ccccc21. The van der Waals surface area contributed by atoms with Gasteiger partial charge in [-0.2, -0.15) is 0 Å². The van der Waals surface area contributed by atoms with E-state index < -0.39 is 0 Å². The summed E-state index contributed by atoms with van der Waals surface area (Å²) in [4.78, 5) is 10.4. The molecule has 3 heterocycles. The van der Waals surface area contributed by atoms with Gasteiger partial charge in [-0.1, -0.05) is 74.2 Å². The third kappa shape index (κ3) is 4.57. The second kappa shape index (κ2) is 10.9. The smallest absolute Gasteiger partial charge is 0.145 e. The van der Waals surface area contributed by atoms with E-state index in [9.17, 15) is 0 Å². The zero-order valence-corrected chi connectivity index (χ0v) is 26.6. The summed E-state index contributed by atoms with van der Waals surface area (Å²) in [6.45, 7) is 19.5. The first-order valence-electron chi connectivity index (χ1n) is 15.9. The van der Waals surface area contributed by atoms with Crippen LogP contribution in [0.3, 0.4) is 0 Å². The van der Waals surface area contributed by atoms with Gasteiger partial charge in [-0.3, -0.25) is 9.98 Å². The van der Waals surface area contributed by atoms with Crippen molar-refractivity contribution in [3.05, 3.63) is 130 Å². The minimum Gasteiger partial charge on any atom is -0.455 e. The summed E-state index contributed by atoms with van der Waals surface area (Å²) in [6, 6.07) is 22.4. The third-order valence-corrected chi connectivity index (χ3v) is 9.67. The highest BCUT2D eigenvalue weighted by Gasteiger charge is 2.32. The van der Waals surface area contributed by atoms with E-state index in [1.165, 1.54) is 55.5 Å². The number of benzene rings is 4. The average Bonchev–Trinajstić information content (AvgIpc) is 3.38. The first-order valence-corrected chi connectivity index (χ1v) is 15.9. The number of aryl methyl sites for hydroxylation is 5. The first-order chi connectivity index (χ1) is 21.3. The maximum Gasteiger partial charge on any atom is 0.145 e. The van der Waals surface area contributed by atoms with Crippen molar-refractivity contribution in [1.29, 1.82) is 0 Å². The largest absolute Gasteiger partial charge is 0.455 e. The molecule has 0 spiro atoms. The van der Waals surface area contributed by atoms with E-state index in [4.69, 9.17) is 14.4 Å². The number of aliphatic imine (C=N–C) groups is 2. The highest BCUT2D eigenvalue weighted by Crippen LogP contribution is 2.42. The molecule has 3 heteroatoms. The molecule has 0 fully saturated rings. The van der Waals surface area contributed by atoms with E-state index >= 15 is 0 Å². The molecule has 2 atom stereocenters. The van der Waals surface area contributed by atoms with Crippen LogP contribution in [0.4, 0.5) is 0 Å². The topological polar surface area (TPSA) is 37.9 Å². The molecule has 4 aromatic carbocycles. The van der Waals surface area contributed by atoms with Crippen LogP contribution in [0, 0.1) is 27.7 Å². The summed E-state index contributed by atoms with van der Waals surface area (Å²) in [7, 11) is 0. The van der Waals surface area contributed by atoms with Crippen molar-refractivity contribution in [3.63, 3.8) is 0 Å². The van der Waals surface area contributed by atoms with Crippen LogP contribution in [0.2, 0.25) is 0 Å². The average molecular weight is 577 g/mol. The Balaban J connectivity index is 1.41. The van der Waals surface area contributed by atoms with Gasteiger partial charge in [0.25, 0.3) is 0 Å². The summed E-state index contributed by atoms with van der Waals surface area (Å²) < 4.78 is 6.88. The Hall–Kier alpha value is -4.50. The van der Waals surface area contributed by atoms with Crippen molar-refractivity contribution in [3.8, 4) is 11.1 Å². The summed E-state index contributed by atoms with van der Waals surface area (Å²) in [5.74, 6) is 0.285. The monoisotopic (exact) mass is 576 g/mol. The van der Waals surface area contributed by atoms with E-state index in [0.717, 1.165) is 64.9 Å². The molecule has 1 aromatic heterocycles. The van der Waals surface area contributed by atoms with Crippen LogP contribution in [-0.4, -0.2) is 17.5 Å². The van der Waals surface area contributed by atoms with Crippen LogP contribution in [0.5, 0.6) is 0 Å². The van der Waals surface area contributed by atoms with Crippen LogP contribution in [0.1, 0.15) is 76.6 Å². The Morgan fingerprint density at radius 1 is 0.932 bits per heavy atom. The van der Waals surface area contributed by atoms with Gasteiger partial charge in [-0.25, -0.2) is 0 Å². The normalized spacial score (nSPS) is 19.5. The number of furan rings is 1. The van der Waals surface area contributed by atoms with Crippen LogP contribution in [0.15, 0.2) is 100.0 Å². The summed E-state index contributed by atoms with van der Waals surface area (Å²) in [6.07, 6.45) is 5.33. The minimum absolute atomic E-state index is 0.0944. The van der Waals surface area contributed by atoms with Crippen LogP contribution < -0.4 is 0 Å². The van der Waals surface area contributed by atoms with Crippen LogP contribution >= 0.6 is 0 Å². The molecule has 220 valence electrons. The Morgan fingerprint density at radius 2 is 1.70 bits per heavy atom. The highest BCUT2D eigenvalue weighted by atomic mass is 16.3. The van der Waals surface area contributed by atoms with Crippen LogP contribution in [-0.2, 0) is 6.42 Å². The number of hydrogen-bond donors (Lipinski definition) is 0. The third-order valence-electron chi connectivity index (χ3n) is 9.67. The molecule has 2 unspecified atom stereocenters. The zero-order chi connectivity index (χ0) is 30.7. The number of rotatable bonds is 3. The van der Waals surface area contributed by atoms with Gasteiger partial charge in [0.1, 0.15) is 11.2 Å². The van der Waals surface area contributed by atoms with Crippen molar-refractivity contribution in [1.82, 2.24) is 0 Å². The molecule has 0 amide bonds. The molecule has 0 aliphatic carbocycles. The zero-order valence-electron chi connectivity index (χ0n) is 26.6. The minimum atomic E-state index is 0.0944. The molecule has 0 saturated carbocycles. The van der Waals surface area contributed by atoms with Crippen molar-refractivity contribution >= 4 is 33.4 Å². The Labute approximate surface area is 260 Å². The van der Waals surface area contributed by atoms with E-state index in [0.29, 0.717) is 0 Å². The van der Waals surface area contributed by atoms with E-state index in [1.807, 2.05) is 6.08 Å². The molecule has 7 rings (SSSR count). The van der Waals surface area contributed by atoms with Crippen molar-refractivity contribution in [2.45, 2.75) is 72.3 Å². The maximum atomic E-state index is 6.88. The molecular weight excluding hydrogens is 536 g/mol. The van der Waals surface area contributed by atoms with Gasteiger partial charge >= 0.3 is 0 Å². The molecule has 2 aliphatic rings. The second-order valence-corrected chi connectivity index (χ2v) is 12.7. The van der Waals surface area contributed by atoms with Gasteiger partial charge in [0, 0.05) is 39.9 Å². The lowest BCUT2D eigenvalue weighted by Crippen LogP contribution is -2.27. The van der Waals surface area contributed by atoms with Gasteiger partial charge in [0.15, 0.2) is 0 Å². The molecule has 0 bridgehead atoms. The Bertz CT molecular complexity index is 2050. The fourth-order valence-electron chi connectivity index (χ4n) is 7.92. The van der Waals surface area contributed by atoms with Gasteiger partial charge in [0.2, 0.25) is 0 Å².